The molecule has 0 aromatic carbocycles. The van der Waals surface area contributed by atoms with Gasteiger partial charge in [-0.05, 0) is 47.5 Å². The molecule has 0 amide bonds. The van der Waals surface area contributed by atoms with Crippen LogP contribution in [0.25, 0.3) is 0 Å². The highest BCUT2D eigenvalue weighted by molar-refractivity contribution is 9.10. The van der Waals surface area contributed by atoms with Gasteiger partial charge in [-0.1, -0.05) is 26.2 Å². The summed E-state index contributed by atoms with van der Waals surface area (Å²) in [6.45, 7) is 2.31. The van der Waals surface area contributed by atoms with Crippen LogP contribution in [0.1, 0.15) is 63.6 Å². The van der Waals surface area contributed by atoms with Crippen molar-refractivity contribution in [3.05, 3.63) is 16.5 Å². The number of anilines is 1. The summed E-state index contributed by atoms with van der Waals surface area (Å²) in [4.78, 5) is 9.17. The summed E-state index contributed by atoms with van der Waals surface area (Å²) < 4.78 is 0.912. The summed E-state index contributed by atoms with van der Waals surface area (Å²) in [6, 6.07) is 2.61. The number of halogens is 1. The van der Waals surface area contributed by atoms with Crippen LogP contribution in [0.4, 0.5) is 5.82 Å². The van der Waals surface area contributed by atoms with Gasteiger partial charge >= 0.3 is 0 Å². The lowest BCUT2D eigenvalue weighted by molar-refractivity contribution is 0.327. The molecule has 0 aliphatic heterocycles. The van der Waals surface area contributed by atoms with Gasteiger partial charge in [0.15, 0.2) is 0 Å². The molecule has 0 bridgehead atoms. The predicted octanol–water partition coefficient (Wildman–Crippen LogP) is 4.50. The Labute approximate surface area is 123 Å². The Bertz CT molecular complexity index is 445. The molecule has 1 N–H and O–H groups in total. The van der Waals surface area contributed by atoms with Crippen LogP contribution in [-0.2, 0) is 0 Å². The molecule has 0 saturated heterocycles. The second kappa shape index (κ2) is 5.78. The largest absolute Gasteiger partial charge is 0.367 e. The van der Waals surface area contributed by atoms with Crippen molar-refractivity contribution in [2.24, 2.45) is 5.92 Å². The van der Waals surface area contributed by atoms with Crippen molar-refractivity contribution >= 4 is 21.7 Å². The first kappa shape index (κ1) is 13.3. The summed E-state index contributed by atoms with van der Waals surface area (Å²) in [5.74, 6) is 3.51. The highest BCUT2D eigenvalue weighted by Crippen LogP contribution is 2.39. The zero-order valence-electron chi connectivity index (χ0n) is 11.5. The Morgan fingerprint density at radius 2 is 2.11 bits per heavy atom. The summed E-state index contributed by atoms with van der Waals surface area (Å²) in [7, 11) is 0. The van der Waals surface area contributed by atoms with Crippen molar-refractivity contribution in [3.8, 4) is 0 Å². The van der Waals surface area contributed by atoms with Gasteiger partial charge in [-0.3, -0.25) is 0 Å². The first-order chi connectivity index (χ1) is 9.24. The minimum Gasteiger partial charge on any atom is -0.367 e. The number of nitrogens with one attached hydrogen (secondary N) is 1. The summed E-state index contributed by atoms with van der Waals surface area (Å²) in [6.07, 6.45) is 9.11. The predicted molar refractivity (Wildman–Crippen MR) is 81.4 cm³/mol. The Kier molecular flexibility index (Phi) is 4.06. The third kappa shape index (κ3) is 3.47. The van der Waals surface area contributed by atoms with Gasteiger partial charge in [0.2, 0.25) is 0 Å². The summed E-state index contributed by atoms with van der Waals surface area (Å²) in [5.41, 5.74) is 0. The van der Waals surface area contributed by atoms with E-state index in [-0.39, 0.29) is 0 Å². The molecular weight excluding hydrogens is 302 g/mol. The van der Waals surface area contributed by atoms with Crippen molar-refractivity contribution in [3.63, 3.8) is 0 Å². The fraction of sp³-hybridized carbons (Fsp3) is 0.733. The van der Waals surface area contributed by atoms with Crippen molar-refractivity contribution in [2.75, 3.05) is 5.32 Å². The van der Waals surface area contributed by atoms with E-state index in [1.165, 1.54) is 44.9 Å². The molecule has 2 atom stereocenters. The van der Waals surface area contributed by atoms with Gasteiger partial charge in [0, 0.05) is 18.0 Å². The molecule has 3 rings (SSSR count). The normalized spacial score (nSPS) is 27.3. The van der Waals surface area contributed by atoms with Gasteiger partial charge in [-0.25, -0.2) is 9.97 Å². The molecule has 2 saturated carbocycles. The van der Waals surface area contributed by atoms with E-state index in [9.17, 15) is 0 Å². The average molecular weight is 324 g/mol. The molecule has 2 aliphatic carbocycles. The molecule has 0 spiro atoms. The van der Waals surface area contributed by atoms with Crippen molar-refractivity contribution < 1.29 is 0 Å². The minimum absolute atomic E-state index is 0.590. The van der Waals surface area contributed by atoms with Gasteiger partial charge in [0.1, 0.15) is 16.2 Å². The Morgan fingerprint density at radius 1 is 1.26 bits per heavy atom. The van der Waals surface area contributed by atoms with Crippen LogP contribution in [0, 0.1) is 5.92 Å². The highest BCUT2D eigenvalue weighted by atomic mass is 79.9. The van der Waals surface area contributed by atoms with Crippen LogP contribution in [-0.4, -0.2) is 16.0 Å². The monoisotopic (exact) mass is 323 g/mol. The second-order valence-electron chi connectivity index (χ2n) is 5.99. The fourth-order valence-corrected chi connectivity index (χ4v) is 3.43. The van der Waals surface area contributed by atoms with E-state index in [0.717, 1.165) is 22.2 Å². The van der Waals surface area contributed by atoms with Gasteiger partial charge in [0.05, 0.1) is 0 Å². The molecule has 1 aromatic rings. The van der Waals surface area contributed by atoms with E-state index >= 15 is 0 Å². The van der Waals surface area contributed by atoms with Gasteiger partial charge in [0.25, 0.3) is 0 Å². The van der Waals surface area contributed by atoms with Crippen molar-refractivity contribution in [1.82, 2.24) is 9.97 Å². The first-order valence-electron chi connectivity index (χ1n) is 7.55. The van der Waals surface area contributed by atoms with Crippen molar-refractivity contribution in [2.45, 2.75) is 63.8 Å². The zero-order valence-corrected chi connectivity index (χ0v) is 13.1. The standard InChI is InChI=1S/C15H22BrN3/c1-2-10-4-3-5-12(8-10)17-14-9-13(16)18-15(19-14)11-6-7-11/h9-12H,2-8H2,1H3,(H,17,18,19). The van der Waals surface area contributed by atoms with E-state index in [0.29, 0.717) is 12.0 Å². The molecular formula is C15H22BrN3. The quantitative estimate of drug-likeness (QED) is 0.829. The van der Waals surface area contributed by atoms with Crippen LogP contribution in [0.15, 0.2) is 10.7 Å². The third-order valence-electron chi connectivity index (χ3n) is 4.37. The minimum atomic E-state index is 0.590. The number of hydrogen-bond donors (Lipinski definition) is 1. The van der Waals surface area contributed by atoms with Gasteiger partial charge in [-0.2, -0.15) is 0 Å². The molecule has 3 nitrogen and oxygen atoms in total. The molecule has 1 aromatic heterocycles. The third-order valence-corrected chi connectivity index (χ3v) is 4.77. The van der Waals surface area contributed by atoms with Crippen LogP contribution in [0.3, 0.4) is 0 Å². The molecule has 4 heteroatoms. The molecule has 2 unspecified atom stereocenters. The SMILES string of the molecule is CCC1CCCC(Nc2cc(Br)nc(C3CC3)n2)C1. The number of rotatable bonds is 4. The maximum Gasteiger partial charge on any atom is 0.135 e. The van der Waals surface area contributed by atoms with Crippen LogP contribution >= 0.6 is 15.9 Å². The second-order valence-corrected chi connectivity index (χ2v) is 6.80. The average Bonchev–Trinajstić information content (AvgIpc) is 3.22. The van der Waals surface area contributed by atoms with Gasteiger partial charge < -0.3 is 5.32 Å². The molecule has 2 aliphatic rings. The van der Waals surface area contributed by atoms with Gasteiger partial charge in [-0.15, -0.1) is 0 Å². The van der Waals surface area contributed by atoms with E-state index in [2.05, 4.69) is 38.1 Å². The number of hydrogen-bond acceptors (Lipinski definition) is 3. The van der Waals surface area contributed by atoms with E-state index in [4.69, 9.17) is 0 Å². The number of nitrogens with zero attached hydrogens (tertiary/aromatic N) is 2. The molecule has 1 heterocycles. The lowest BCUT2D eigenvalue weighted by atomic mass is 9.84. The summed E-state index contributed by atoms with van der Waals surface area (Å²) >= 11 is 3.51. The zero-order chi connectivity index (χ0) is 13.2. The molecule has 2 fully saturated rings. The first-order valence-corrected chi connectivity index (χ1v) is 8.35. The smallest absolute Gasteiger partial charge is 0.135 e. The van der Waals surface area contributed by atoms with Crippen LogP contribution in [0.5, 0.6) is 0 Å². The molecule has 104 valence electrons. The summed E-state index contributed by atoms with van der Waals surface area (Å²) in [5, 5.41) is 3.63. The fourth-order valence-electron chi connectivity index (χ4n) is 3.04. The Morgan fingerprint density at radius 3 is 2.84 bits per heavy atom. The van der Waals surface area contributed by atoms with E-state index in [1.54, 1.807) is 0 Å². The highest BCUT2D eigenvalue weighted by Gasteiger charge is 2.27. The molecule has 0 radical (unpaired) electrons. The lowest BCUT2D eigenvalue weighted by Crippen LogP contribution is -2.27. The van der Waals surface area contributed by atoms with Crippen molar-refractivity contribution in [1.29, 1.82) is 0 Å². The maximum atomic E-state index is 4.69. The molecule has 19 heavy (non-hydrogen) atoms. The maximum absolute atomic E-state index is 4.69. The van der Waals surface area contributed by atoms with Crippen LogP contribution < -0.4 is 5.32 Å². The van der Waals surface area contributed by atoms with Crippen LogP contribution in [0.2, 0.25) is 0 Å². The van der Waals surface area contributed by atoms with E-state index in [1.807, 2.05) is 6.07 Å². The topological polar surface area (TPSA) is 37.8 Å². The lowest BCUT2D eigenvalue weighted by Gasteiger charge is -2.29. The number of aromatic nitrogens is 2. The Balaban J connectivity index is 1.68. The Hall–Kier alpha value is -0.640. The van der Waals surface area contributed by atoms with E-state index < -0.39 is 0 Å².